The minimum absolute atomic E-state index is 0.409. The van der Waals surface area contributed by atoms with Crippen LogP contribution in [0.15, 0.2) is 29.4 Å². The third kappa shape index (κ3) is 2.30. The molecule has 86 valence electrons. The fourth-order valence-corrected chi connectivity index (χ4v) is 1.80. The average molecular weight is 220 g/mol. The highest BCUT2D eigenvalue weighted by Gasteiger charge is 2.08. The van der Waals surface area contributed by atoms with Gasteiger partial charge >= 0.3 is 0 Å². The van der Waals surface area contributed by atoms with Crippen molar-refractivity contribution in [2.75, 3.05) is 7.05 Å². The smallest absolute Gasteiger partial charge is 0.213 e. The predicted octanol–water partition coefficient (Wildman–Crippen LogP) is 1.59. The van der Waals surface area contributed by atoms with E-state index >= 15 is 0 Å². The van der Waals surface area contributed by atoms with E-state index in [1.54, 1.807) is 0 Å². The lowest BCUT2D eigenvalue weighted by molar-refractivity contribution is 0.408. The SMILES string of the molecule is CCC(NC)c1ccn(Cc2ncon2)c1. The molecule has 0 aliphatic carbocycles. The van der Waals surface area contributed by atoms with E-state index in [0.29, 0.717) is 18.4 Å². The molecule has 2 aromatic rings. The Hall–Kier alpha value is -1.62. The summed E-state index contributed by atoms with van der Waals surface area (Å²) < 4.78 is 6.75. The average Bonchev–Trinajstić information content (AvgIpc) is 2.93. The fraction of sp³-hybridized carbons (Fsp3) is 0.455. The number of hydrogen-bond donors (Lipinski definition) is 1. The molecular weight excluding hydrogens is 204 g/mol. The summed E-state index contributed by atoms with van der Waals surface area (Å²) in [7, 11) is 1.98. The summed E-state index contributed by atoms with van der Waals surface area (Å²) in [4.78, 5) is 3.99. The molecule has 0 saturated heterocycles. The van der Waals surface area contributed by atoms with Crippen LogP contribution >= 0.6 is 0 Å². The Morgan fingerprint density at radius 2 is 2.44 bits per heavy atom. The van der Waals surface area contributed by atoms with Gasteiger partial charge in [-0.2, -0.15) is 4.98 Å². The zero-order valence-corrected chi connectivity index (χ0v) is 9.55. The predicted molar refractivity (Wildman–Crippen MR) is 59.9 cm³/mol. The van der Waals surface area contributed by atoms with E-state index in [1.165, 1.54) is 12.0 Å². The highest BCUT2D eigenvalue weighted by molar-refractivity contribution is 5.15. The molecule has 16 heavy (non-hydrogen) atoms. The molecule has 2 aromatic heterocycles. The number of rotatable bonds is 5. The molecule has 0 fully saturated rings. The maximum Gasteiger partial charge on any atom is 0.213 e. The summed E-state index contributed by atoms with van der Waals surface area (Å²) >= 11 is 0. The molecule has 2 heterocycles. The molecule has 0 saturated carbocycles. The standard InChI is InChI=1S/C11H16N4O/c1-3-10(12-2)9-4-5-15(6-9)7-11-13-8-16-14-11/h4-6,8,10,12H,3,7H2,1-2H3. The van der Waals surface area contributed by atoms with E-state index in [0.717, 1.165) is 6.42 Å². The summed E-state index contributed by atoms with van der Waals surface area (Å²) in [6.07, 6.45) is 6.57. The van der Waals surface area contributed by atoms with E-state index in [4.69, 9.17) is 4.52 Å². The summed E-state index contributed by atoms with van der Waals surface area (Å²) in [6.45, 7) is 2.81. The zero-order valence-electron chi connectivity index (χ0n) is 9.55. The minimum atomic E-state index is 0.409. The van der Waals surface area contributed by atoms with Crippen molar-refractivity contribution in [3.8, 4) is 0 Å². The van der Waals surface area contributed by atoms with Crippen LogP contribution in [0.2, 0.25) is 0 Å². The van der Waals surface area contributed by atoms with Gasteiger partial charge in [0.2, 0.25) is 6.39 Å². The van der Waals surface area contributed by atoms with Gasteiger partial charge in [-0.05, 0) is 25.1 Å². The van der Waals surface area contributed by atoms with Gasteiger partial charge in [0.25, 0.3) is 0 Å². The van der Waals surface area contributed by atoms with E-state index in [1.807, 2.05) is 13.2 Å². The van der Waals surface area contributed by atoms with Crippen molar-refractivity contribution < 1.29 is 4.52 Å². The summed E-state index contributed by atoms with van der Waals surface area (Å²) in [5, 5.41) is 7.06. The molecule has 0 radical (unpaired) electrons. The molecule has 0 spiro atoms. The highest BCUT2D eigenvalue weighted by Crippen LogP contribution is 2.16. The molecule has 1 N–H and O–H groups in total. The van der Waals surface area contributed by atoms with Crippen LogP contribution in [-0.2, 0) is 6.54 Å². The van der Waals surface area contributed by atoms with Gasteiger partial charge in [0.15, 0.2) is 5.82 Å². The molecule has 1 atom stereocenters. The lowest BCUT2D eigenvalue weighted by atomic mass is 10.1. The first kappa shape index (κ1) is 10.9. The maximum atomic E-state index is 4.70. The largest absolute Gasteiger partial charge is 0.346 e. The van der Waals surface area contributed by atoms with Crippen molar-refractivity contribution in [2.45, 2.75) is 25.9 Å². The van der Waals surface area contributed by atoms with Gasteiger partial charge in [-0.1, -0.05) is 12.1 Å². The molecule has 0 aromatic carbocycles. The lowest BCUT2D eigenvalue weighted by Crippen LogP contribution is -2.14. The first-order valence-electron chi connectivity index (χ1n) is 5.41. The minimum Gasteiger partial charge on any atom is -0.346 e. The van der Waals surface area contributed by atoms with Crippen molar-refractivity contribution in [1.29, 1.82) is 0 Å². The van der Waals surface area contributed by atoms with Crippen LogP contribution < -0.4 is 5.32 Å². The van der Waals surface area contributed by atoms with Crippen LogP contribution in [-0.4, -0.2) is 21.8 Å². The second-order valence-corrected chi connectivity index (χ2v) is 3.71. The van der Waals surface area contributed by atoms with Crippen molar-refractivity contribution in [2.24, 2.45) is 0 Å². The van der Waals surface area contributed by atoms with E-state index in [2.05, 4.69) is 39.2 Å². The van der Waals surface area contributed by atoms with Gasteiger partial charge in [0.05, 0.1) is 6.54 Å². The Balaban J connectivity index is 2.07. The van der Waals surface area contributed by atoms with Crippen molar-refractivity contribution in [3.63, 3.8) is 0 Å². The topological polar surface area (TPSA) is 55.9 Å². The number of aromatic nitrogens is 3. The molecular formula is C11H16N4O. The van der Waals surface area contributed by atoms with Crippen LogP contribution in [0, 0.1) is 0 Å². The molecule has 0 bridgehead atoms. The van der Waals surface area contributed by atoms with Gasteiger partial charge < -0.3 is 14.4 Å². The molecule has 0 aliphatic heterocycles. The molecule has 2 rings (SSSR count). The van der Waals surface area contributed by atoms with Crippen molar-refractivity contribution >= 4 is 0 Å². The van der Waals surface area contributed by atoms with Crippen molar-refractivity contribution in [1.82, 2.24) is 20.0 Å². The zero-order chi connectivity index (χ0) is 11.4. The Morgan fingerprint density at radius 1 is 1.56 bits per heavy atom. The van der Waals surface area contributed by atoms with Crippen LogP contribution in [0.5, 0.6) is 0 Å². The molecule has 0 amide bonds. The molecule has 5 nitrogen and oxygen atoms in total. The number of hydrogen-bond acceptors (Lipinski definition) is 4. The third-order valence-electron chi connectivity index (χ3n) is 2.66. The third-order valence-corrected chi connectivity index (χ3v) is 2.66. The monoisotopic (exact) mass is 220 g/mol. The van der Waals surface area contributed by atoms with E-state index in [9.17, 15) is 0 Å². The number of nitrogens with zero attached hydrogens (tertiary/aromatic N) is 3. The van der Waals surface area contributed by atoms with Crippen LogP contribution in [0.25, 0.3) is 0 Å². The normalized spacial score (nSPS) is 12.9. The van der Waals surface area contributed by atoms with Gasteiger partial charge in [0, 0.05) is 18.4 Å². The number of nitrogens with one attached hydrogen (secondary N) is 1. The van der Waals surface area contributed by atoms with Crippen molar-refractivity contribution in [3.05, 3.63) is 36.2 Å². The summed E-state index contributed by atoms with van der Waals surface area (Å²) in [5.41, 5.74) is 1.29. The summed E-state index contributed by atoms with van der Waals surface area (Å²) in [6, 6.07) is 2.52. The van der Waals surface area contributed by atoms with E-state index < -0.39 is 0 Å². The van der Waals surface area contributed by atoms with Gasteiger partial charge in [-0.3, -0.25) is 0 Å². The molecule has 0 aliphatic rings. The Bertz CT molecular complexity index is 417. The Morgan fingerprint density at radius 3 is 3.06 bits per heavy atom. The van der Waals surface area contributed by atoms with Crippen LogP contribution in [0.4, 0.5) is 0 Å². The Labute approximate surface area is 94.5 Å². The second-order valence-electron chi connectivity index (χ2n) is 3.71. The van der Waals surface area contributed by atoms with Crippen LogP contribution in [0.1, 0.15) is 30.8 Å². The molecule has 5 heteroatoms. The highest BCUT2D eigenvalue weighted by atomic mass is 16.5. The van der Waals surface area contributed by atoms with Gasteiger partial charge in [0.1, 0.15) is 0 Å². The van der Waals surface area contributed by atoms with Gasteiger partial charge in [-0.15, -0.1) is 0 Å². The van der Waals surface area contributed by atoms with Crippen LogP contribution in [0.3, 0.4) is 0 Å². The first-order valence-corrected chi connectivity index (χ1v) is 5.41. The quantitative estimate of drug-likeness (QED) is 0.831. The second kappa shape index (κ2) is 4.94. The fourth-order valence-electron chi connectivity index (χ4n) is 1.80. The molecule has 1 unspecified atom stereocenters. The van der Waals surface area contributed by atoms with Gasteiger partial charge in [-0.25, -0.2) is 0 Å². The maximum absolute atomic E-state index is 4.70. The van der Waals surface area contributed by atoms with E-state index in [-0.39, 0.29) is 0 Å². The summed E-state index contributed by atoms with van der Waals surface area (Å²) in [5.74, 6) is 0.694. The first-order chi connectivity index (χ1) is 7.83. The lowest BCUT2D eigenvalue weighted by Gasteiger charge is -2.11. The Kier molecular flexibility index (Phi) is 3.36.